The number of benzene rings is 2. The molecule has 2 aromatic rings. The summed E-state index contributed by atoms with van der Waals surface area (Å²) in [5, 5.41) is 12.4. The Bertz CT molecular complexity index is 660. The van der Waals surface area contributed by atoms with Gasteiger partial charge in [-0.05, 0) is 67.0 Å². The Balaban J connectivity index is 1.57. The first-order chi connectivity index (χ1) is 11.2. The number of rotatable bonds is 4. The first-order valence-corrected chi connectivity index (χ1v) is 8.34. The van der Waals surface area contributed by atoms with Crippen LogP contribution < -0.4 is 11.1 Å². The van der Waals surface area contributed by atoms with Gasteiger partial charge in [-0.1, -0.05) is 24.3 Å². The van der Waals surface area contributed by atoms with Gasteiger partial charge in [0.2, 0.25) is 0 Å². The number of nitrogens with two attached hydrogens (primary N) is 1. The highest BCUT2D eigenvalue weighted by Gasteiger charge is 2.17. The van der Waals surface area contributed by atoms with Crippen molar-refractivity contribution >= 4 is 5.69 Å². The molecule has 118 valence electrons. The zero-order chi connectivity index (χ0) is 16.1. The molecule has 0 unspecified atom stereocenters. The molecule has 0 amide bonds. The predicted molar refractivity (Wildman–Crippen MR) is 95.0 cm³/mol. The number of nitrogens with one attached hydrogen (secondary N) is 1. The minimum absolute atomic E-state index is 0.415. The molecule has 1 aliphatic rings. The van der Waals surface area contributed by atoms with Gasteiger partial charge in [0.1, 0.15) is 0 Å². The molecule has 3 heteroatoms. The zero-order valence-electron chi connectivity index (χ0n) is 13.3. The third-order valence-corrected chi connectivity index (χ3v) is 4.72. The van der Waals surface area contributed by atoms with E-state index in [1.165, 1.54) is 18.4 Å². The van der Waals surface area contributed by atoms with Crippen LogP contribution in [0.2, 0.25) is 0 Å². The van der Waals surface area contributed by atoms with Crippen LogP contribution in [-0.2, 0) is 0 Å². The highest BCUT2D eigenvalue weighted by Crippen LogP contribution is 2.25. The highest BCUT2D eigenvalue weighted by atomic mass is 14.9. The lowest BCUT2D eigenvalue weighted by Gasteiger charge is -2.26. The topological polar surface area (TPSA) is 61.8 Å². The van der Waals surface area contributed by atoms with Gasteiger partial charge in [0.15, 0.2) is 0 Å². The number of hydrogen-bond acceptors (Lipinski definition) is 3. The molecule has 3 nitrogen and oxygen atoms in total. The lowest BCUT2D eigenvalue weighted by Crippen LogP contribution is -2.29. The van der Waals surface area contributed by atoms with E-state index < -0.39 is 0 Å². The fraction of sp³-hybridized carbons (Fsp3) is 0.350. The fourth-order valence-electron chi connectivity index (χ4n) is 3.17. The molecule has 3 N–H and O–H groups in total. The number of hydrogen-bond donors (Lipinski definition) is 2. The quantitative estimate of drug-likeness (QED) is 0.891. The van der Waals surface area contributed by atoms with E-state index in [1.54, 1.807) is 0 Å². The SMILES string of the molecule is N#Cc1ccc(-c2ccc(NCC3CCC(N)CC3)cc2)cc1. The molecule has 3 rings (SSSR count). The Morgan fingerprint density at radius 1 is 0.913 bits per heavy atom. The summed E-state index contributed by atoms with van der Waals surface area (Å²) < 4.78 is 0. The second-order valence-electron chi connectivity index (χ2n) is 6.43. The molecule has 0 bridgehead atoms. The van der Waals surface area contributed by atoms with Gasteiger partial charge < -0.3 is 11.1 Å². The molecular formula is C20H23N3. The molecular weight excluding hydrogens is 282 g/mol. The number of anilines is 1. The second-order valence-corrected chi connectivity index (χ2v) is 6.43. The molecule has 0 heterocycles. The Morgan fingerprint density at radius 2 is 1.48 bits per heavy atom. The van der Waals surface area contributed by atoms with Crippen molar-refractivity contribution in [2.45, 2.75) is 31.7 Å². The lowest BCUT2D eigenvalue weighted by atomic mass is 9.86. The normalized spacial score (nSPS) is 20.7. The monoisotopic (exact) mass is 305 g/mol. The summed E-state index contributed by atoms with van der Waals surface area (Å²) in [6.07, 6.45) is 4.78. The van der Waals surface area contributed by atoms with E-state index in [0.29, 0.717) is 11.6 Å². The van der Waals surface area contributed by atoms with Crippen LogP contribution in [0, 0.1) is 17.2 Å². The van der Waals surface area contributed by atoms with Crippen LogP contribution in [-0.4, -0.2) is 12.6 Å². The van der Waals surface area contributed by atoms with Crippen LogP contribution in [0.1, 0.15) is 31.2 Å². The molecule has 1 fully saturated rings. The van der Waals surface area contributed by atoms with Gasteiger partial charge in [0, 0.05) is 18.3 Å². The molecule has 0 aliphatic heterocycles. The largest absolute Gasteiger partial charge is 0.385 e. The Labute approximate surface area is 138 Å². The maximum Gasteiger partial charge on any atom is 0.0991 e. The Hall–Kier alpha value is -2.31. The van der Waals surface area contributed by atoms with Crippen molar-refractivity contribution in [1.29, 1.82) is 5.26 Å². The highest BCUT2D eigenvalue weighted by molar-refractivity contribution is 5.66. The van der Waals surface area contributed by atoms with Gasteiger partial charge in [0.25, 0.3) is 0 Å². The first-order valence-electron chi connectivity index (χ1n) is 8.34. The van der Waals surface area contributed by atoms with Crippen molar-refractivity contribution in [3.05, 3.63) is 54.1 Å². The van der Waals surface area contributed by atoms with Crippen LogP contribution >= 0.6 is 0 Å². The minimum atomic E-state index is 0.415. The van der Waals surface area contributed by atoms with E-state index in [2.05, 4.69) is 35.7 Å². The maximum absolute atomic E-state index is 8.85. The maximum atomic E-state index is 8.85. The summed E-state index contributed by atoms with van der Waals surface area (Å²) in [5.41, 5.74) is 10.1. The molecule has 0 atom stereocenters. The first kappa shape index (κ1) is 15.6. The Kier molecular flexibility index (Phi) is 4.95. The van der Waals surface area contributed by atoms with Gasteiger partial charge in [-0.2, -0.15) is 5.26 Å². The second kappa shape index (κ2) is 7.30. The third kappa shape index (κ3) is 4.12. The van der Waals surface area contributed by atoms with E-state index in [4.69, 9.17) is 11.0 Å². The molecule has 23 heavy (non-hydrogen) atoms. The van der Waals surface area contributed by atoms with Crippen molar-refractivity contribution in [3.63, 3.8) is 0 Å². The number of nitrogens with zero attached hydrogens (tertiary/aromatic N) is 1. The predicted octanol–water partition coefficient (Wildman–Crippen LogP) is 4.15. The van der Waals surface area contributed by atoms with Gasteiger partial charge in [0.05, 0.1) is 11.6 Å². The van der Waals surface area contributed by atoms with Gasteiger partial charge in [-0.15, -0.1) is 0 Å². The van der Waals surface area contributed by atoms with E-state index >= 15 is 0 Å². The summed E-state index contributed by atoms with van der Waals surface area (Å²) in [5.74, 6) is 0.744. The zero-order valence-corrected chi connectivity index (χ0v) is 13.3. The summed E-state index contributed by atoms with van der Waals surface area (Å²) in [6, 6.07) is 18.8. The van der Waals surface area contributed by atoms with Gasteiger partial charge in [-0.25, -0.2) is 0 Å². The minimum Gasteiger partial charge on any atom is -0.385 e. The molecule has 1 aliphatic carbocycles. The van der Waals surface area contributed by atoms with E-state index in [9.17, 15) is 0 Å². The summed E-state index contributed by atoms with van der Waals surface area (Å²) in [7, 11) is 0. The van der Waals surface area contributed by atoms with Crippen molar-refractivity contribution in [2.75, 3.05) is 11.9 Å². The van der Waals surface area contributed by atoms with Gasteiger partial charge >= 0.3 is 0 Å². The van der Waals surface area contributed by atoms with Crippen LogP contribution in [0.15, 0.2) is 48.5 Å². The number of nitriles is 1. The average molecular weight is 305 g/mol. The smallest absolute Gasteiger partial charge is 0.0991 e. The van der Waals surface area contributed by atoms with E-state index in [-0.39, 0.29) is 0 Å². The molecule has 0 aromatic heterocycles. The fourth-order valence-corrected chi connectivity index (χ4v) is 3.17. The van der Waals surface area contributed by atoms with E-state index in [0.717, 1.165) is 36.6 Å². The van der Waals surface area contributed by atoms with Crippen LogP contribution in [0.25, 0.3) is 11.1 Å². The van der Waals surface area contributed by atoms with Crippen molar-refractivity contribution in [3.8, 4) is 17.2 Å². The van der Waals surface area contributed by atoms with Crippen molar-refractivity contribution < 1.29 is 0 Å². The summed E-state index contributed by atoms with van der Waals surface area (Å²) in [4.78, 5) is 0. The van der Waals surface area contributed by atoms with Crippen LogP contribution in [0.4, 0.5) is 5.69 Å². The molecule has 2 aromatic carbocycles. The average Bonchev–Trinajstić information content (AvgIpc) is 2.62. The van der Waals surface area contributed by atoms with E-state index in [1.807, 2.05) is 24.3 Å². The summed E-state index contributed by atoms with van der Waals surface area (Å²) in [6.45, 7) is 1.03. The Morgan fingerprint density at radius 3 is 2.04 bits per heavy atom. The lowest BCUT2D eigenvalue weighted by molar-refractivity contribution is 0.339. The van der Waals surface area contributed by atoms with Crippen LogP contribution in [0.5, 0.6) is 0 Å². The molecule has 1 saturated carbocycles. The standard InChI is InChI=1S/C20H23N3/c21-13-15-1-5-17(6-2-15)18-7-11-20(12-8-18)23-14-16-3-9-19(22)10-4-16/h1-2,5-8,11-12,16,19,23H,3-4,9-10,14,22H2. The third-order valence-electron chi connectivity index (χ3n) is 4.72. The van der Waals surface area contributed by atoms with Crippen molar-refractivity contribution in [1.82, 2.24) is 0 Å². The molecule has 0 spiro atoms. The molecule has 0 saturated heterocycles. The molecule has 0 radical (unpaired) electrons. The van der Waals surface area contributed by atoms with Gasteiger partial charge in [-0.3, -0.25) is 0 Å². The van der Waals surface area contributed by atoms with Crippen LogP contribution in [0.3, 0.4) is 0 Å². The van der Waals surface area contributed by atoms with Crippen molar-refractivity contribution in [2.24, 2.45) is 11.7 Å². The summed E-state index contributed by atoms with van der Waals surface area (Å²) >= 11 is 0.